The molecule has 1 aromatic carbocycles. The maximum absolute atomic E-state index is 13.0. The molecule has 2 aliphatic rings. The number of rotatable bonds is 4. The fourth-order valence-corrected chi connectivity index (χ4v) is 6.20. The van der Waals surface area contributed by atoms with E-state index in [1.54, 1.807) is 22.5 Å². The van der Waals surface area contributed by atoms with Gasteiger partial charge in [-0.05, 0) is 50.9 Å². The molecule has 7 heteroatoms. The normalized spacial score (nSPS) is 24.2. The van der Waals surface area contributed by atoms with Crippen molar-refractivity contribution < 1.29 is 8.42 Å². The molecular formula is C15H20Cl2N2O2S. The number of hydrogen-bond donors (Lipinski definition) is 0. The summed E-state index contributed by atoms with van der Waals surface area (Å²) in [5, 5.41) is 0.388. The first-order valence-electron chi connectivity index (χ1n) is 7.68. The molecule has 0 bridgehead atoms. The van der Waals surface area contributed by atoms with E-state index < -0.39 is 10.0 Å². The minimum absolute atomic E-state index is 0.0236. The number of hydrogen-bond acceptors (Lipinski definition) is 3. The van der Waals surface area contributed by atoms with E-state index in [1.807, 2.05) is 0 Å². The van der Waals surface area contributed by atoms with Gasteiger partial charge in [-0.2, -0.15) is 4.31 Å². The van der Waals surface area contributed by atoms with E-state index in [0.717, 1.165) is 32.5 Å². The van der Waals surface area contributed by atoms with Crippen LogP contribution in [0.2, 0.25) is 10.0 Å². The average Bonchev–Trinajstić information content (AvgIpc) is 3.10. The summed E-state index contributed by atoms with van der Waals surface area (Å²) >= 11 is 12.2. The molecule has 0 unspecified atom stereocenters. The van der Waals surface area contributed by atoms with E-state index in [4.69, 9.17) is 23.2 Å². The van der Waals surface area contributed by atoms with Crippen LogP contribution in [0.5, 0.6) is 0 Å². The van der Waals surface area contributed by atoms with Gasteiger partial charge in [0.05, 0.1) is 10.0 Å². The number of sulfonamides is 1. The van der Waals surface area contributed by atoms with E-state index in [1.165, 1.54) is 12.8 Å². The zero-order chi connectivity index (χ0) is 15.7. The van der Waals surface area contributed by atoms with Crippen LogP contribution in [0.1, 0.15) is 25.7 Å². The molecule has 0 amide bonds. The summed E-state index contributed by atoms with van der Waals surface area (Å²) in [7, 11) is -3.65. The summed E-state index contributed by atoms with van der Waals surface area (Å²) in [4.78, 5) is 2.40. The molecular weight excluding hydrogens is 343 g/mol. The second kappa shape index (κ2) is 6.65. The molecule has 2 aliphatic heterocycles. The van der Waals surface area contributed by atoms with Crippen LogP contribution >= 0.6 is 23.2 Å². The van der Waals surface area contributed by atoms with Gasteiger partial charge in [-0.15, -0.1) is 0 Å². The summed E-state index contributed by atoms with van der Waals surface area (Å²) < 4.78 is 27.6. The lowest BCUT2D eigenvalue weighted by molar-refractivity contribution is 0.257. The van der Waals surface area contributed by atoms with E-state index >= 15 is 0 Å². The topological polar surface area (TPSA) is 40.6 Å². The van der Waals surface area contributed by atoms with E-state index in [2.05, 4.69) is 4.90 Å². The third kappa shape index (κ3) is 3.15. The van der Waals surface area contributed by atoms with Gasteiger partial charge in [0.2, 0.25) is 10.0 Å². The highest BCUT2D eigenvalue weighted by molar-refractivity contribution is 7.89. The van der Waals surface area contributed by atoms with Crippen molar-refractivity contribution in [2.45, 2.75) is 36.6 Å². The molecule has 0 aliphatic carbocycles. The van der Waals surface area contributed by atoms with Crippen molar-refractivity contribution in [3.05, 3.63) is 28.2 Å². The van der Waals surface area contributed by atoms with Crippen molar-refractivity contribution in [3.8, 4) is 0 Å². The smallest absolute Gasteiger partial charge is 0.246 e. The number of likely N-dealkylation sites (tertiary alicyclic amines) is 1. The van der Waals surface area contributed by atoms with E-state index in [0.29, 0.717) is 6.54 Å². The average molecular weight is 363 g/mol. The summed E-state index contributed by atoms with van der Waals surface area (Å²) in [6.45, 7) is 3.48. The highest BCUT2D eigenvalue weighted by Crippen LogP contribution is 2.35. The summed E-state index contributed by atoms with van der Waals surface area (Å²) in [5.74, 6) is 0. The molecule has 4 nitrogen and oxygen atoms in total. The minimum Gasteiger partial charge on any atom is -0.302 e. The summed E-state index contributed by atoms with van der Waals surface area (Å²) in [6.07, 6.45) is 4.20. The summed E-state index contributed by atoms with van der Waals surface area (Å²) in [5.41, 5.74) is 0. The van der Waals surface area contributed by atoms with Gasteiger partial charge in [-0.3, -0.25) is 0 Å². The van der Waals surface area contributed by atoms with Gasteiger partial charge in [0.15, 0.2) is 0 Å². The highest BCUT2D eigenvalue weighted by Gasteiger charge is 2.38. The van der Waals surface area contributed by atoms with Gasteiger partial charge in [0.1, 0.15) is 4.90 Å². The van der Waals surface area contributed by atoms with Crippen molar-refractivity contribution in [2.75, 3.05) is 26.2 Å². The van der Waals surface area contributed by atoms with E-state index in [9.17, 15) is 8.42 Å². The maximum Gasteiger partial charge on any atom is 0.246 e. The van der Waals surface area contributed by atoms with Crippen molar-refractivity contribution >= 4 is 33.2 Å². The Kier molecular flexibility index (Phi) is 5.00. The molecule has 0 aromatic heterocycles. The molecule has 2 heterocycles. The van der Waals surface area contributed by atoms with Crippen LogP contribution in [0.25, 0.3) is 0 Å². The van der Waals surface area contributed by atoms with Crippen molar-refractivity contribution in [1.82, 2.24) is 9.21 Å². The standard InChI is InChI=1S/C15H20Cl2N2O2S/c16-13-6-3-7-14(17)15(13)22(20,21)19-10-4-5-12(19)11-18-8-1-2-9-18/h3,6-7,12H,1-2,4-5,8-11H2/t12-/m0/s1. The fraction of sp³-hybridized carbons (Fsp3) is 0.600. The Bertz CT molecular complexity index is 625. The fourth-order valence-electron chi connectivity index (χ4n) is 3.42. The SMILES string of the molecule is O=S(=O)(c1c(Cl)cccc1Cl)N1CCC[C@H]1CN1CCCC1. The lowest BCUT2D eigenvalue weighted by Crippen LogP contribution is -2.42. The predicted molar refractivity (Wildman–Crippen MR) is 89.0 cm³/mol. The molecule has 0 spiro atoms. The Balaban J connectivity index is 1.87. The molecule has 122 valence electrons. The first-order chi connectivity index (χ1) is 10.5. The number of nitrogens with zero attached hydrogens (tertiary/aromatic N) is 2. The van der Waals surface area contributed by atoms with Gasteiger partial charge >= 0.3 is 0 Å². The maximum atomic E-state index is 13.0. The lowest BCUT2D eigenvalue weighted by Gasteiger charge is -2.28. The Labute approximate surface area is 142 Å². The second-order valence-electron chi connectivity index (χ2n) is 5.97. The van der Waals surface area contributed by atoms with Gasteiger partial charge in [0, 0.05) is 19.1 Å². The molecule has 1 aromatic rings. The van der Waals surface area contributed by atoms with Crippen LogP contribution in [0, 0.1) is 0 Å². The molecule has 0 saturated carbocycles. The Hall–Kier alpha value is -0.330. The Morgan fingerprint density at radius 3 is 2.32 bits per heavy atom. The molecule has 1 atom stereocenters. The van der Waals surface area contributed by atoms with Crippen LogP contribution in [-0.2, 0) is 10.0 Å². The van der Waals surface area contributed by atoms with Crippen LogP contribution in [0.3, 0.4) is 0 Å². The van der Waals surface area contributed by atoms with Gasteiger partial charge in [-0.25, -0.2) is 8.42 Å². The predicted octanol–water partition coefficient (Wildman–Crippen LogP) is 3.24. The first-order valence-corrected chi connectivity index (χ1v) is 9.88. The largest absolute Gasteiger partial charge is 0.302 e. The third-order valence-electron chi connectivity index (χ3n) is 4.48. The van der Waals surface area contributed by atoms with Crippen molar-refractivity contribution in [2.24, 2.45) is 0 Å². The second-order valence-corrected chi connectivity index (χ2v) is 8.61. The zero-order valence-corrected chi connectivity index (χ0v) is 14.7. The van der Waals surface area contributed by atoms with Crippen LogP contribution in [0.4, 0.5) is 0 Å². The first kappa shape index (κ1) is 16.5. The van der Waals surface area contributed by atoms with Crippen molar-refractivity contribution in [3.63, 3.8) is 0 Å². The zero-order valence-electron chi connectivity index (χ0n) is 12.3. The molecule has 3 rings (SSSR count). The van der Waals surface area contributed by atoms with E-state index in [-0.39, 0.29) is 21.0 Å². The van der Waals surface area contributed by atoms with Crippen LogP contribution in [-0.4, -0.2) is 49.8 Å². The van der Waals surface area contributed by atoms with Crippen LogP contribution < -0.4 is 0 Å². The van der Waals surface area contributed by atoms with Gasteiger partial charge in [-0.1, -0.05) is 29.3 Å². The molecule has 0 radical (unpaired) electrons. The van der Waals surface area contributed by atoms with Gasteiger partial charge < -0.3 is 4.90 Å². The molecule has 0 N–H and O–H groups in total. The van der Waals surface area contributed by atoms with Crippen molar-refractivity contribution in [1.29, 1.82) is 0 Å². The lowest BCUT2D eigenvalue weighted by atomic mass is 10.2. The molecule has 22 heavy (non-hydrogen) atoms. The molecule has 2 saturated heterocycles. The monoisotopic (exact) mass is 362 g/mol. The number of halogens is 2. The van der Waals surface area contributed by atoms with Gasteiger partial charge in [0.25, 0.3) is 0 Å². The highest BCUT2D eigenvalue weighted by atomic mass is 35.5. The Morgan fingerprint density at radius 2 is 1.68 bits per heavy atom. The molecule has 2 fully saturated rings. The minimum atomic E-state index is -3.65. The third-order valence-corrected chi connectivity index (χ3v) is 7.38. The number of benzene rings is 1. The summed E-state index contributed by atoms with van der Waals surface area (Å²) in [6, 6.07) is 4.84. The van der Waals surface area contributed by atoms with Crippen LogP contribution in [0.15, 0.2) is 23.1 Å². The Morgan fingerprint density at radius 1 is 1.05 bits per heavy atom. The quantitative estimate of drug-likeness (QED) is 0.825.